The first-order valence-electron chi connectivity index (χ1n) is 8.51. The molecule has 0 aliphatic carbocycles. The second kappa shape index (κ2) is 10.8. The SMILES string of the molecule is COCN(C(=O)OC)c1ccccc1CON=C(SC)c1ccc(C(F)(F)F)cn1. The van der Waals surface area contributed by atoms with Gasteiger partial charge in [0.05, 0.1) is 24.1 Å². The maximum Gasteiger partial charge on any atom is 0.417 e. The van der Waals surface area contributed by atoms with Crippen LogP contribution in [0.1, 0.15) is 16.8 Å². The van der Waals surface area contributed by atoms with Crippen LogP contribution in [-0.4, -0.2) is 43.3 Å². The number of carbonyl (C=O) groups is 1. The topological polar surface area (TPSA) is 73.2 Å². The van der Waals surface area contributed by atoms with Crippen molar-refractivity contribution in [3.05, 3.63) is 59.4 Å². The summed E-state index contributed by atoms with van der Waals surface area (Å²) >= 11 is 1.18. The molecule has 0 unspecified atom stereocenters. The highest BCUT2D eigenvalue weighted by Gasteiger charge is 2.30. The number of anilines is 1. The fourth-order valence-corrected chi connectivity index (χ4v) is 2.85. The van der Waals surface area contributed by atoms with Crippen molar-refractivity contribution in [1.82, 2.24) is 4.98 Å². The van der Waals surface area contributed by atoms with Gasteiger partial charge in [-0.25, -0.2) is 4.79 Å². The smallest absolute Gasteiger partial charge is 0.417 e. The number of thioether (sulfide) groups is 1. The number of hydrogen-bond donors (Lipinski definition) is 0. The molecule has 0 N–H and O–H groups in total. The fraction of sp³-hybridized carbons (Fsp3) is 0.316. The standard InChI is InChI=1S/C19H20F3N3O4S/c1-27-12-25(18(26)28-2)16-7-5-4-6-13(16)11-29-24-17(30-3)15-9-8-14(10-23-15)19(20,21)22/h4-10H,11-12H2,1-3H3. The number of amides is 1. The minimum absolute atomic E-state index is 0.00191. The maximum atomic E-state index is 12.7. The summed E-state index contributed by atoms with van der Waals surface area (Å²) in [5.41, 5.74) is 0.547. The van der Waals surface area contributed by atoms with E-state index in [1.54, 1.807) is 30.5 Å². The lowest BCUT2D eigenvalue weighted by Crippen LogP contribution is -2.33. The fourth-order valence-electron chi connectivity index (χ4n) is 2.39. The Labute approximate surface area is 175 Å². The molecule has 0 saturated heterocycles. The summed E-state index contributed by atoms with van der Waals surface area (Å²) in [7, 11) is 2.71. The number of alkyl halides is 3. The Balaban J connectivity index is 2.18. The van der Waals surface area contributed by atoms with Gasteiger partial charge in [0.15, 0.2) is 5.04 Å². The molecule has 0 bridgehead atoms. The van der Waals surface area contributed by atoms with Crippen LogP contribution in [0.25, 0.3) is 0 Å². The molecule has 1 aromatic carbocycles. The highest BCUT2D eigenvalue weighted by atomic mass is 32.2. The van der Waals surface area contributed by atoms with Crippen molar-refractivity contribution in [2.24, 2.45) is 5.16 Å². The second-order valence-electron chi connectivity index (χ2n) is 5.75. The third kappa shape index (κ3) is 6.10. The molecule has 0 aliphatic rings. The molecular formula is C19H20F3N3O4S. The first kappa shape index (κ1) is 23.5. The van der Waals surface area contributed by atoms with E-state index in [2.05, 4.69) is 10.1 Å². The van der Waals surface area contributed by atoms with E-state index < -0.39 is 17.8 Å². The molecule has 0 aliphatic heterocycles. The molecule has 162 valence electrons. The van der Waals surface area contributed by atoms with E-state index in [0.717, 1.165) is 12.3 Å². The molecule has 2 rings (SSSR count). The highest BCUT2D eigenvalue weighted by Crippen LogP contribution is 2.29. The number of methoxy groups -OCH3 is 2. The van der Waals surface area contributed by atoms with Crippen molar-refractivity contribution in [2.45, 2.75) is 12.8 Å². The van der Waals surface area contributed by atoms with E-state index in [4.69, 9.17) is 14.3 Å². The molecule has 1 aromatic heterocycles. The van der Waals surface area contributed by atoms with Gasteiger partial charge >= 0.3 is 12.3 Å². The number of pyridine rings is 1. The van der Waals surface area contributed by atoms with E-state index in [9.17, 15) is 18.0 Å². The number of aromatic nitrogens is 1. The van der Waals surface area contributed by atoms with Crippen LogP contribution in [0.2, 0.25) is 0 Å². The highest BCUT2D eigenvalue weighted by molar-refractivity contribution is 8.13. The van der Waals surface area contributed by atoms with Crippen LogP contribution in [0.3, 0.4) is 0 Å². The van der Waals surface area contributed by atoms with Gasteiger partial charge in [-0.3, -0.25) is 9.88 Å². The van der Waals surface area contributed by atoms with Gasteiger partial charge in [-0.05, 0) is 24.5 Å². The van der Waals surface area contributed by atoms with Crippen LogP contribution in [-0.2, 0) is 27.1 Å². The average molecular weight is 443 g/mol. The Morgan fingerprint density at radius 3 is 2.50 bits per heavy atom. The quantitative estimate of drug-likeness (QED) is 0.271. The van der Waals surface area contributed by atoms with Crippen LogP contribution in [0.15, 0.2) is 47.8 Å². The maximum absolute atomic E-state index is 12.7. The van der Waals surface area contributed by atoms with Crippen molar-refractivity contribution in [3.63, 3.8) is 0 Å². The zero-order chi connectivity index (χ0) is 22.1. The Hall–Kier alpha value is -2.79. The number of hydrogen-bond acceptors (Lipinski definition) is 7. The van der Waals surface area contributed by atoms with Gasteiger partial charge in [0.1, 0.15) is 13.3 Å². The summed E-state index contributed by atoms with van der Waals surface area (Å²) < 4.78 is 47.9. The first-order chi connectivity index (χ1) is 14.3. The number of benzene rings is 1. The number of halogens is 3. The zero-order valence-corrected chi connectivity index (χ0v) is 17.3. The predicted octanol–water partition coefficient (Wildman–Crippen LogP) is 4.52. The molecule has 1 amide bonds. The summed E-state index contributed by atoms with van der Waals surface area (Å²) in [6, 6.07) is 9.11. The molecule has 0 atom stereocenters. The zero-order valence-electron chi connectivity index (χ0n) is 16.5. The third-order valence-corrected chi connectivity index (χ3v) is 4.48. The molecule has 0 radical (unpaired) electrons. The van der Waals surface area contributed by atoms with Gasteiger partial charge in [0.2, 0.25) is 0 Å². The van der Waals surface area contributed by atoms with E-state index >= 15 is 0 Å². The van der Waals surface area contributed by atoms with Crippen LogP contribution >= 0.6 is 11.8 Å². The summed E-state index contributed by atoms with van der Waals surface area (Å²) in [5, 5.41) is 4.29. The van der Waals surface area contributed by atoms with Crippen molar-refractivity contribution >= 4 is 28.6 Å². The molecule has 11 heteroatoms. The Morgan fingerprint density at radius 2 is 1.93 bits per heavy atom. The Bertz CT molecular complexity index is 876. The Kier molecular flexibility index (Phi) is 8.48. The van der Waals surface area contributed by atoms with Crippen molar-refractivity contribution in [2.75, 3.05) is 32.1 Å². The second-order valence-corrected chi connectivity index (χ2v) is 6.54. The van der Waals surface area contributed by atoms with Crippen molar-refractivity contribution in [1.29, 1.82) is 0 Å². The van der Waals surface area contributed by atoms with Gasteiger partial charge in [-0.15, -0.1) is 11.8 Å². The van der Waals surface area contributed by atoms with Gasteiger partial charge in [0, 0.05) is 18.9 Å². The largest absolute Gasteiger partial charge is 0.452 e. The summed E-state index contributed by atoms with van der Waals surface area (Å²) in [6.07, 6.45) is -2.62. The molecule has 0 fully saturated rings. The molecular weight excluding hydrogens is 423 g/mol. The monoisotopic (exact) mass is 443 g/mol. The van der Waals surface area contributed by atoms with Crippen molar-refractivity contribution in [3.8, 4) is 0 Å². The first-order valence-corrected chi connectivity index (χ1v) is 9.74. The van der Waals surface area contributed by atoms with Crippen LogP contribution in [0.4, 0.5) is 23.7 Å². The van der Waals surface area contributed by atoms with Crippen molar-refractivity contribution < 1.29 is 32.3 Å². The summed E-state index contributed by atoms with van der Waals surface area (Å²) in [6.45, 7) is -0.0312. The van der Waals surface area contributed by atoms with E-state index in [0.29, 0.717) is 16.3 Å². The number of ether oxygens (including phenoxy) is 2. The molecule has 1 heterocycles. The molecule has 30 heavy (non-hydrogen) atoms. The number of rotatable bonds is 7. The summed E-state index contributed by atoms with van der Waals surface area (Å²) in [5.74, 6) is 0. The van der Waals surface area contributed by atoms with Gasteiger partial charge in [0.25, 0.3) is 0 Å². The van der Waals surface area contributed by atoms with Gasteiger partial charge in [-0.2, -0.15) is 13.2 Å². The van der Waals surface area contributed by atoms with Gasteiger partial charge < -0.3 is 14.3 Å². The minimum atomic E-state index is -4.46. The summed E-state index contributed by atoms with van der Waals surface area (Å²) in [4.78, 5) is 22.5. The lowest BCUT2D eigenvalue weighted by molar-refractivity contribution is -0.137. The normalized spacial score (nSPS) is 11.9. The molecule has 0 spiro atoms. The van der Waals surface area contributed by atoms with Crippen LogP contribution in [0.5, 0.6) is 0 Å². The third-order valence-electron chi connectivity index (χ3n) is 3.81. The van der Waals surface area contributed by atoms with E-state index in [-0.39, 0.29) is 19.0 Å². The average Bonchev–Trinajstić information content (AvgIpc) is 2.74. The Morgan fingerprint density at radius 1 is 1.20 bits per heavy atom. The molecule has 0 saturated carbocycles. The van der Waals surface area contributed by atoms with Gasteiger partial charge in [-0.1, -0.05) is 23.4 Å². The number of para-hydroxylation sites is 1. The molecule has 7 nitrogen and oxygen atoms in total. The molecule has 2 aromatic rings. The van der Waals surface area contributed by atoms with Crippen LogP contribution in [0, 0.1) is 0 Å². The van der Waals surface area contributed by atoms with Crippen LogP contribution < -0.4 is 4.90 Å². The number of nitrogens with zero attached hydrogens (tertiary/aromatic N) is 3. The lowest BCUT2D eigenvalue weighted by atomic mass is 10.2. The lowest BCUT2D eigenvalue weighted by Gasteiger charge is -2.22. The number of oxime groups is 1. The number of carbonyl (C=O) groups excluding carboxylic acids is 1. The minimum Gasteiger partial charge on any atom is -0.452 e. The van der Waals surface area contributed by atoms with E-state index in [1.165, 1.54) is 36.9 Å². The van der Waals surface area contributed by atoms with E-state index in [1.807, 2.05) is 0 Å². The predicted molar refractivity (Wildman–Crippen MR) is 107 cm³/mol.